The summed E-state index contributed by atoms with van der Waals surface area (Å²) in [6.45, 7) is 2.35. The maximum absolute atomic E-state index is 14.2. The molecule has 7 nitrogen and oxygen atoms in total. The largest absolute Gasteiger partial charge is 0.439 e. The van der Waals surface area contributed by atoms with Crippen molar-refractivity contribution in [3.63, 3.8) is 0 Å². The highest BCUT2D eigenvalue weighted by Gasteiger charge is 2.32. The van der Waals surface area contributed by atoms with Gasteiger partial charge in [0.25, 0.3) is 0 Å². The summed E-state index contributed by atoms with van der Waals surface area (Å²) in [6, 6.07) is 11.1. The van der Waals surface area contributed by atoms with Gasteiger partial charge in [-0.15, -0.1) is 0 Å². The summed E-state index contributed by atoms with van der Waals surface area (Å²) >= 11 is 0. The summed E-state index contributed by atoms with van der Waals surface area (Å²) in [5, 5.41) is 3.54. The Bertz CT molecular complexity index is 1140. The van der Waals surface area contributed by atoms with Gasteiger partial charge in [-0.3, -0.25) is 14.3 Å². The van der Waals surface area contributed by atoms with E-state index in [4.69, 9.17) is 5.73 Å². The van der Waals surface area contributed by atoms with E-state index in [1.165, 1.54) is 11.0 Å². The van der Waals surface area contributed by atoms with Crippen molar-refractivity contribution in [2.75, 3.05) is 13.1 Å². The summed E-state index contributed by atoms with van der Waals surface area (Å²) in [5.41, 5.74) is 8.67. The van der Waals surface area contributed by atoms with E-state index in [1.54, 1.807) is 12.1 Å². The van der Waals surface area contributed by atoms with Crippen LogP contribution in [0.5, 0.6) is 0 Å². The van der Waals surface area contributed by atoms with E-state index in [-0.39, 0.29) is 29.8 Å². The highest BCUT2D eigenvalue weighted by Crippen LogP contribution is 2.29. The number of alkyl halides is 1. The molecule has 2 heterocycles. The fourth-order valence-corrected chi connectivity index (χ4v) is 3.76. The first-order valence-corrected chi connectivity index (χ1v) is 9.98. The topological polar surface area (TPSA) is 105 Å². The lowest BCUT2D eigenvalue weighted by Crippen LogP contribution is -2.45. The van der Waals surface area contributed by atoms with E-state index >= 15 is 0 Å². The molecule has 9 heteroatoms. The van der Waals surface area contributed by atoms with Crippen molar-refractivity contribution in [1.29, 1.82) is 0 Å². The molecule has 1 aromatic heterocycles. The van der Waals surface area contributed by atoms with E-state index in [2.05, 4.69) is 14.7 Å². The van der Waals surface area contributed by atoms with Crippen molar-refractivity contribution in [3.05, 3.63) is 64.4 Å². The van der Waals surface area contributed by atoms with Crippen LogP contribution in [0, 0.1) is 5.82 Å². The smallest absolute Gasteiger partial charge is 0.338 e. The summed E-state index contributed by atoms with van der Waals surface area (Å²) in [5.74, 6) is -1.80. The van der Waals surface area contributed by atoms with E-state index in [0.29, 0.717) is 18.5 Å². The second-order valence-corrected chi connectivity index (χ2v) is 7.74. The van der Waals surface area contributed by atoms with Crippen LogP contribution in [-0.2, 0) is 4.79 Å². The summed E-state index contributed by atoms with van der Waals surface area (Å²) in [4.78, 5) is 27.5. The molecule has 0 saturated carbocycles. The average Bonchev–Trinajstić information content (AvgIpc) is 3.41. The Balaban J connectivity index is 1.53. The SMILES string of the molecule is C[C@@H](c1ccc(-c2ccc(F)c(-c3noc(=O)[nH]3)c2)cc1)[C@H](N)C(=O)N1CC[C@H](F)C1. The van der Waals surface area contributed by atoms with Gasteiger partial charge in [-0.05, 0) is 35.2 Å². The lowest BCUT2D eigenvalue weighted by Gasteiger charge is -2.25. The van der Waals surface area contributed by atoms with Gasteiger partial charge in [0.05, 0.1) is 18.2 Å². The molecule has 3 atom stereocenters. The molecule has 1 aliphatic heterocycles. The number of carbonyl (C=O) groups excluding carboxylic acids is 1. The number of amides is 1. The summed E-state index contributed by atoms with van der Waals surface area (Å²) in [6.07, 6.45) is -0.634. The van der Waals surface area contributed by atoms with Gasteiger partial charge >= 0.3 is 5.76 Å². The third-order valence-corrected chi connectivity index (χ3v) is 5.70. The zero-order chi connectivity index (χ0) is 22.1. The molecule has 0 unspecified atom stereocenters. The van der Waals surface area contributed by atoms with Crippen LogP contribution in [0.4, 0.5) is 8.78 Å². The fraction of sp³-hybridized carbons (Fsp3) is 0.318. The third-order valence-electron chi connectivity index (χ3n) is 5.70. The number of aromatic nitrogens is 2. The predicted octanol–water partition coefficient (Wildman–Crippen LogP) is 2.84. The fourth-order valence-electron chi connectivity index (χ4n) is 3.76. The van der Waals surface area contributed by atoms with Gasteiger partial charge in [-0.2, -0.15) is 0 Å². The summed E-state index contributed by atoms with van der Waals surface area (Å²) in [7, 11) is 0. The van der Waals surface area contributed by atoms with Crippen molar-refractivity contribution in [2.24, 2.45) is 5.73 Å². The minimum atomic E-state index is -0.985. The number of hydrogen-bond donors (Lipinski definition) is 2. The van der Waals surface area contributed by atoms with Gasteiger partial charge in [-0.1, -0.05) is 42.4 Å². The van der Waals surface area contributed by atoms with E-state index in [0.717, 1.165) is 11.1 Å². The first-order valence-electron chi connectivity index (χ1n) is 9.98. The normalized spacial score (nSPS) is 18.2. The molecule has 1 amide bonds. The number of benzene rings is 2. The standard InChI is InChI=1S/C22H22F2N4O3/c1-12(19(25)21(29)28-9-8-16(23)11-28)13-2-4-14(5-3-13)15-6-7-18(24)17(10-15)20-26-22(30)31-27-20/h2-7,10,12,16,19H,8-9,11,25H2,1H3,(H,26,27,30)/t12-,16-,19-/m0/s1. The Morgan fingerprint density at radius 1 is 1.26 bits per heavy atom. The number of nitrogens with one attached hydrogen (secondary N) is 1. The van der Waals surface area contributed by atoms with Crippen LogP contribution < -0.4 is 11.5 Å². The maximum Gasteiger partial charge on any atom is 0.439 e. The van der Waals surface area contributed by atoms with Crippen molar-refractivity contribution in [3.8, 4) is 22.5 Å². The summed E-state index contributed by atoms with van der Waals surface area (Å²) < 4.78 is 32.1. The monoisotopic (exact) mass is 428 g/mol. The van der Waals surface area contributed by atoms with E-state index in [1.807, 2.05) is 31.2 Å². The van der Waals surface area contributed by atoms with E-state index in [9.17, 15) is 18.4 Å². The first kappa shape index (κ1) is 20.9. The van der Waals surface area contributed by atoms with Gasteiger partial charge in [0.15, 0.2) is 5.82 Å². The molecule has 1 saturated heterocycles. The minimum absolute atomic E-state index is 0.0107. The van der Waals surface area contributed by atoms with Crippen LogP contribution in [0.1, 0.15) is 24.8 Å². The van der Waals surface area contributed by atoms with Crippen LogP contribution in [0.2, 0.25) is 0 Å². The molecule has 1 fully saturated rings. The molecule has 31 heavy (non-hydrogen) atoms. The average molecular weight is 428 g/mol. The van der Waals surface area contributed by atoms with Gasteiger partial charge in [0.1, 0.15) is 12.0 Å². The highest BCUT2D eigenvalue weighted by molar-refractivity contribution is 5.83. The molecule has 0 aliphatic carbocycles. The van der Waals surface area contributed by atoms with Crippen molar-refractivity contribution in [2.45, 2.75) is 31.5 Å². The first-order chi connectivity index (χ1) is 14.8. The molecule has 0 radical (unpaired) electrons. The van der Waals surface area contributed by atoms with Crippen molar-refractivity contribution >= 4 is 5.91 Å². The highest BCUT2D eigenvalue weighted by atomic mass is 19.1. The van der Waals surface area contributed by atoms with Crippen molar-refractivity contribution in [1.82, 2.24) is 15.0 Å². The quantitative estimate of drug-likeness (QED) is 0.650. The molecule has 4 rings (SSSR count). The second kappa shape index (κ2) is 8.43. The zero-order valence-corrected chi connectivity index (χ0v) is 16.8. The van der Waals surface area contributed by atoms with Crippen LogP contribution in [0.3, 0.4) is 0 Å². The number of H-pyrrole nitrogens is 1. The van der Waals surface area contributed by atoms with Crippen molar-refractivity contribution < 1.29 is 18.1 Å². The molecule has 162 valence electrons. The van der Waals surface area contributed by atoms with Gasteiger partial charge in [0, 0.05) is 12.5 Å². The van der Waals surface area contributed by atoms with E-state index < -0.39 is 23.8 Å². The Morgan fingerprint density at radius 2 is 1.97 bits per heavy atom. The van der Waals surface area contributed by atoms with Crippen LogP contribution >= 0.6 is 0 Å². The molecule has 0 spiro atoms. The number of rotatable bonds is 5. The van der Waals surface area contributed by atoms with Crippen LogP contribution in [-0.4, -0.2) is 46.3 Å². The van der Waals surface area contributed by atoms with Gasteiger partial charge in [0.2, 0.25) is 5.91 Å². The molecular weight excluding hydrogens is 406 g/mol. The number of nitrogens with two attached hydrogens (primary N) is 1. The number of aromatic amines is 1. The number of carbonyl (C=O) groups is 1. The van der Waals surface area contributed by atoms with Crippen LogP contribution in [0.25, 0.3) is 22.5 Å². The Kier molecular flexibility index (Phi) is 5.69. The molecule has 0 bridgehead atoms. The maximum atomic E-state index is 14.2. The molecule has 3 N–H and O–H groups in total. The third kappa shape index (κ3) is 4.27. The minimum Gasteiger partial charge on any atom is -0.338 e. The predicted molar refractivity (Wildman–Crippen MR) is 110 cm³/mol. The number of halogens is 2. The molecular formula is C22H22F2N4O3. The zero-order valence-electron chi connectivity index (χ0n) is 16.8. The number of hydrogen-bond acceptors (Lipinski definition) is 5. The Labute approximate surface area is 176 Å². The lowest BCUT2D eigenvalue weighted by molar-refractivity contribution is -0.132. The molecule has 2 aromatic carbocycles. The lowest BCUT2D eigenvalue weighted by atomic mass is 9.91. The Hall–Kier alpha value is -3.33. The molecule has 3 aromatic rings. The van der Waals surface area contributed by atoms with Crippen LogP contribution in [0.15, 0.2) is 51.8 Å². The second-order valence-electron chi connectivity index (χ2n) is 7.74. The van der Waals surface area contributed by atoms with Gasteiger partial charge in [-0.25, -0.2) is 13.6 Å². The number of nitrogens with zero attached hydrogens (tertiary/aromatic N) is 2. The Morgan fingerprint density at radius 3 is 2.58 bits per heavy atom. The molecule has 1 aliphatic rings. The van der Waals surface area contributed by atoms with Gasteiger partial charge < -0.3 is 10.6 Å². The number of likely N-dealkylation sites (tertiary alicyclic amines) is 1.